The van der Waals surface area contributed by atoms with Crippen molar-refractivity contribution in [3.8, 4) is 0 Å². The monoisotopic (exact) mass is 345 g/mol. The third-order valence-corrected chi connectivity index (χ3v) is 3.96. The van der Waals surface area contributed by atoms with Gasteiger partial charge in [0, 0.05) is 0 Å². The molecule has 9 nitrogen and oxygen atoms in total. The molecule has 0 aromatic heterocycles. The van der Waals surface area contributed by atoms with Gasteiger partial charge < -0.3 is 9.47 Å². The highest BCUT2D eigenvalue weighted by molar-refractivity contribution is 6.46. The van der Waals surface area contributed by atoms with E-state index in [1.807, 2.05) is 0 Å². The summed E-state index contributed by atoms with van der Waals surface area (Å²) < 4.78 is 9.47. The summed E-state index contributed by atoms with van der Waals surface area (Å²) in [7, 11) is 1.26. The summed E-state index contributed by atoms with van der Waals surface area (Å²) in [6.07, 6.45) is 0. The van der Waals surface area contributed by atoms with E-state index in [0.717, 1.165) is 4.90 Å². The Kier molecular flexibility index (Phi) is 4.22. The minimum absolute atomic E-state index is 0.112. The van der Waals surface area contributed by atoms with Crippen molar-refractivity contribution in [2.45, 2.75) is 13.0 Å². The average molecular weight is 345 g/mol. The van der Waals surface area contributed by atoms with Crippen LogP contribution in [-0.4, -0.2) is 49.2 Å². The highest BCUT2D eigenvalue weighted by Gasteiger charge is 2.55. The summed E-state index contributed by atoms with van der Waals surface area (Å²) in [5.74, 6) is -3.37. The molecule has 0 bridgehead atoms. The second-order valence-corrected chi connectivity index (χ2v) is 5.35. The molecule has 0 spiro atoms. The highest BCUT2D eigenvalue weighted by Crippen LogP contribution is 2.31. The van der Waals surface area contributed by atoms with E-state index in [1.54, 1.807) is 6.92 Å². The summed E-state index contributed by atoms with van der Waals surface area (Å²) >= 11 is 0. The summed E-state index contributed by atoms with van der Waals surface area (Å²) in [6.45, 7) is 1.77. The van der Waals surface area contributed by atoms with Gasteiger partial charge in [0.15, 0.2) is 5.71 Å². The maximum absolute atomic E-state index is 12.7. The van der Waals surface area contributed by atoms with Crippen LogP contribution >= 0.6 is 0 Å². The topological polar surface area (TPSA) is 114 Å². The number of carbonyl (C=O) groups excluding carboxylic acids is 4. The largest absolute Gasteiger partial charge is 0.465 e. The van der Waals surface area contributed by atoms with Gasteiger partial charge in [0.05, 0.1) is 25.0 Å². The van der Waals surface area contributed by atoms with Crippen LogP contribution in [0.15, 0.2) is 29.4 Å². The van der Waals surface area contributed by atoms with Crippen molar-refractivity contribution >= 4 is 35.2 Å². The Morgan fingerprint density at radius 1 is 1.16 bits per heavy atom. The van der Waals surface area contributed by atoms with Gasteiger partial charge in [-0.2, -0.15) is 5.10 Å². The molecule has 2 amide bonds. The van der Waals surface area contributed by atoms with Crippen molar-refractivity contribution in [3.05, 3.63) is 29.8 Å². The number of hydrazone groups is 1. The van der Waals surface area contributed by atoms with E-state index in [2.05, 4.69) is 15.3 Å². The van der Waals surface area contributed by atoms with Gasteiger partial charge >= 0.3 is 11.9 Å². The van der Waals surface area contributed by atoms with Crippen LogP contribution in [0.3, 0.4) is 0 Å². The highest BCUT2D eigenvalue weighted by atomic mass is 16.5. The molecule has 2 heterocycles. The smallest absolute Gasteiger partial charge is 0.355 e. The number of benzene rings is 1. The quantitative estimate of drug-likeness (QED) is 0.596. The zero-order chi connectivity index (χ0) is 18.1. The number of imide groups is 1. The van der Waals surface area contributed by atoms with Crippen LogP contribution in [0, 0.1) is 5.92 Å². The number of hydrogen-bond acceptors (Lipinski definition) is 8. The van der Waals surface area contributed by atoms with E-state index in [0.29, 0.717) is 5.69 Å². The SMILES string of the molecule is CCOC(=O)C1=NN[C@H]2C(=O)N(c3ccc(C(=O)OC)cc3)C(=O)[C@H]12. The van der Waals surface area contributed by atoms with Crippen LogP contribution in [0.1, 0.15) is 17.3 Å². The first-order valence-corrected chi connectivity index (χ1v) is 7.56. The van der Waals surface area contributed by atoms with Gasteiger partial charge in [-0.1, -0.05) is 0 Å². The number of anilines is 1. The molecule has 25 heavy (non-hydrogen) atoms. The molecule has 2 atom stereocenters. The molecule has 1 aromatic carbocycles. The van der Waals surface area contributed by atoms with Crippen LogP contribution in [0.5, 0.6) is 0 Å². The van der Waals surface area contributed by atoms with E-state index < -0.39 is 35.7 Å². The molecule has 130 valence electrons. The molecule has 0 radical (unpaired) electrons. The molecule has 1 N–H and O–H groups in total. The average Bonchev–Trinajstić information content (AvgIpc) is 3.15. The number of hydrogen-bond donors (Lipinski definition) is 1. The third-order valence-electron chi connectivity index (χ3n) is 3.96. The zero-order valence-corrected chi connectivity index (χ0v) is 13.5. The molecule has 1 saturated heterocycles. The molecular weight excluding hydrogens is 330 g/mol. The minimum Gasteiger partial charge on any atom is -0.465 e. The van der Waals surface area contributed by atoms with Gasteiger partial charge in [-0.05, 0) is 31.2 Å². The third kappa shape index (κ3) is 2.63. The lowest BCUT2D eigenvalue weighted by Gasteiger charge is -2.15. The molecule has 1 aromatic rings. The molecule has 3 rings (SSSR count). The first kappa shape index (κ1) is 16.6. The fraction of sp³-hybridized carbons (Fsp3) is 0.312. The van der Waals surface area contributed by atoms with E-state index in [1.165, 1.54) is 31.4 Å². The fourth-order valence-electron chi connectivity index (χ4n) is 2.78. The molecule has 9 heteroatoms. The fourth-order valence-corrected chi connectivity index (χ4v) is 2.78. The number of ether oxygens (including phenoxy) is 2. The molecule has 0 saturated carbocycles. The van der Waals surface area contributed by atoms with Crippen LogP contribution < -0.4 is 10.3 Å². The van der Waals surface area contributed by atoms with Crippen molar-refractivity contribution < 1.29 is 28.7 Å². The Labute approximate surface area is 142 Å². The van der Waals surface area contributed by atoms with Crippen LogP contribution in [0.25, 0.3) is 0 Å². The Balaban J connectivity index is 1.87. The number of amides is 2. The second kappa shape index (κ2) is 6.34. The van der Waals surface area contributed by atoms with Crippen LogP contribution in [0.2, 0.25) is 0 Å². The van der Waals surface area contributed by atoms with Gasteiger partial charge in [-0.15, -0.1) is 0 Å². The van der Waals surface area contributed by atoms with E-state index in [-0.39, 0.29) is 17.9 Å². The summed E-state index contributed by atoms with van der Waals surface area (Å²) in [5, 5.41) is 3.78. The lowest BCUT2D eigenvalue weighted by atomic mass is 9.99. The lowest BCUT2D eigenvalue weighted by Crippen LogP contribution is -2.36. The summed E-state index contributed by atoms with van der Waals surface area (Å²) in [5.41, 5.74) is 3.00. The molecule has 2 aliphatic heterocycles. The predicted molar refractivity (Wildman–Crippen MR) is 84.8 cm³/mol. The lowest BCUT2D eigenvalue weighted by molar-refractivity contribution is -0.136. The second-order valence-electron chi connectivity index (χ2n) is 5.35. The molecular formula is C16H15N3O6. The van der Waals surface area contributed by atoms with Gasteiger partial charge in [0.1, 0.15) is 12.0 Å². The maximum atomic E-state index is 12.7. The first-order chi connectivity index (χ1) is 12.0. The Morgan fingerprint density at radius 2 is 1.84 bits per heavy atom. The van der Waals surface area contributed by atoms with Crippen molar-refractivity contribution in [1.29, 1.82) is 0 Å². The molecule has 0 aliphatic carbocycles. The Bertz CT molecular complexity index is 786. The van der Waals surface area contributed by atoms with Crippen LogP contribution in [0.4, 0.5) is 5.69 Å². The Hall–Kier alpha value is -3.23. The normalized spacial score (nSPS) is 21.5. The van der Waals surface area contributed by atoms with Gasteiger partial charge in [0.25, 0.3) is 5.91 Å². The van der Waals surface area contributed by atoms with Gasteiger partial charge in [-0.25, -0.2) is 14.5 Å². The summed E-state index contributed by atoms with van der Waals surface area (Å²) in [6, 6.07) is 4.88. The van der Waals surface area contributed by atoms with E-state index in [4.69, 9.17) is 4.74 Å². The predicted octanol–water partition coefficient (Wildman–Crippen LogP) is -0.147. The maximum Gasteiger partial charge on any atom is 0.355 e. The number of nitrogens with one attached hydrogen (secondary N) is 1. The van der Waals surface area contributed by atoms with Crippen molar-refractivity contribution in [2.24, 2.45) is 11.0 Å². The van der Waals surface area contributed by atoms with Crippen molar-refractivity contribution in [2.75, 3.05) is 18.6 Å². The zero-order valence-electron chi connectivity index (χ0n) is 13.5. The van der Waals surface area contributed by atoms with Crippen molar-refractivity contribution in [1.82, 2.24) is 5.43 Å². The summed E-state index contributed by atoms with van der Waals surface area (Å²) in [4.78, 5) is 49.5. The van der Waals surface area contributed by atoms with E-state index in [9.17, 15) is 19.2 Å². The molecule has 2 aliphatic rings. The van der Waals surface area contributed by atoms with Gasteiger partial charge in [-0.3, -0.25) is 15.0 Å². The number of methoxy groups -OCH3 is 1. The van der Waals surface area contributed by atoms with Crippen molar-refractivity contribution in [3.63, 3.8) is 0 Å². The molecule has 0 unspecified atom stereocenters. The number of fused-ring (bicyclic) bond motifs is 1. The van der Waals surface area contributed by atoms with E-state index >= 15 is 0 Å². The standard InChI is InChI=1S/C16H15N3O6/c1-3-25-16(23)12-10-11(17-18-12)14(21)19(13(10)20)9-6-4-8(5-7-9)15(22)24-2/h4-7,10-11,17H,3H2,1-2H3/t10-,11+/m0/s1. The van der Waals surface area contributed by atoms with Gasteiger partial charge in [0.2, 0.25) is 5.91 Å². The first-order valence-electron chi connectivity index (χ1n) is 7.56. The minimum atomic E-state index is -1.02. The number of carbonyl (C=O) groups is 4. The molecule has 1 fully saturated rings. The number of nitrogens with zero attached hydrogens (tertiary/aromatic N) is 2. The number of esters is 2. The number of rotatable bonds is 4. The van der Waals surface area contributed by atoms with Crippen LogP contribution in [-0.2, 0) is 23.9 Å². The Morgan fingerprint density at radius 3 is 2.44 bits per heavy atom.